The fraction of sp³-hybridized carbons (Fsp3) is 0.317. The van der Waals surface area contributed by atoms with E-state index < -0.39 is 21.9 Å². The largest absolute Gasteiger partial charge is 0.449 e. The lowest BCUT2D eigenvalue weighted by Crippen LogP contribution is -2.34. The minimum Gasteiger partial charge on any atom is -0.449 e. The Labute approximate surface area is 320 Å². The smallest absolute Gasteiger partial charge is 0.421 e. The van der Waals surface area contributed by atoms with Gasteiger partial charge in [-0.25, -0.2) is 32.3 Å². The first-order valence-electron chi connectivity index (χ1n) is 18.2. The summed E-state index contributed by atoms with van der Waals surface area (Å²) in [5, 5.41) is 0. The number of imidazole rings is 1. The molecule has 0 fully saturated rings. The lowest BCUT2D eigenvalue weighted by atomic mass is 10.0. The Kier molecular flexibility index (Phi) is 13.6. The highest BCUT2D eigenvalue weighted by Crippen LogP contribution is 2.30. The van der Waals surface area contributed by atoms with E-state index in [0.717, 1.165) is 6.42 Å². The maximum absolute atomic E-state index is 16.1. The van der Waals surface area contributed by atoms with Crippen LogP contribution in [0.15, 0.2) is 96.3 Å². The van der Waals surface area contributed by atoms with Crippen LogP contribution in [-0.2, 0) is 34.1 Å². The number of halogens is 1. The molecule has 0 aliphatic heterocycles. The molecule has 2 aromatic carbocycles. The van der Waals surface area contributed by atoms with Crippen molar-refractivity contribution in [3.63, 3.8) is 0 Å². The summed E-state index contributed by atoms with van der Waals surface area (Å²) in [6.45, 7) is 7.86. The highest BCUT2D eigenvalue weighted by molar-refractivity contribution is 7.90. The number of rotatable bonds is 17. The second-order valence-corrected chi connectivity index (χ2v) is 14.9. The van der Waals surface area contributed by atoms with Crippen LogP contribution < -0.4 is 9.62 Å². The standard InChI is InChI=1S/C41H45FN6O6S/c1-5-12-38-45-34(6-2)39(35(49)19-23-47(37-16-9-10-22-44-37)40(50)30-13-11-21-43-26-30)48(38)27-31-18-17-29(25-33(31)42)32-14-7-8-15-36(32)55(52,53)46-41(51)54-24-20-28(3)4/h7-11,13-18,21-22,25-26,28H,5-6,12,19-20,23-24,27H2,1-4H3,(H,46,51). The molecule has 0 atom stereocenters. The number of carbonyl (C=O) groups excluding carboxylic acids is 3. The number of hydrogen-bond donors (Lipinski definition) is 1. The zero-order chi connectivity index (χ0) is 39.5. The predicted octanol–water partition coefficient (Wildman–Crippen LogP) is 7.42. The van der Waals surface area contributed by atoms with Gasteiger partial charge in [0.1, 0.15) is 23.2 Å². The van der Waals surface area contributed by atoms with Gasteiger partial charge < -0.3 is 9.30 Å². The van der Waals surface area contributed by atoms with Crippen molar-refractivity contribution in [2.45, 2.75) is 71.2 Å². The number of nitrogens with one attached hydrogen (secondary N) is 1. The Hall–Kier alpha value is -5.76. The van der Waals surface area contributed by atoms with E-state index >= 15 is 4.39 Å². The normalized spacial score (nSPS) is 11.4. The lowest BCUT2D eigenvalue weighted by molar-refractivity contribution is 0.0960. The van der Waals surface area contributed by atoms with E-state index in [9.17, 15) is 22.8 Å². The van der Waals surface area contributed by atoms with Crippen molar-refractivity contribution < 1.29 is 31.9 Å². The molecule has 288 valence electrons. The van der Waals surface area contributed by atoms with E-state index in [4.69, 9.17) is 9.72 Å². The molecule has 12 nitrogen and oxygen atoms in total. The number of carbonyl (C=O) groups is 3. The molecule has 1 N–H and O–H groups in total. The topological polar surface area (TPSA) is 153 Å². The predicted molar refractivity (Wildman–Crippen MR) is 207 cm³/mol. The molecule has 3 aromatic heterocycles. The molecule has 0 aliphatic rings. The van der Waals surface area contributed by atoms with Gasteiger partial charge in [-0.15, -0.1) is 0 Å². The summed E-state index contributed by atoms with van der Waals surface area (Å²) in [5.41, 5.74) is 1.97. The molecular weight excluding hydrogens is 724 g/mol. The maximum atomic E-state index is 16.1. The van der Waals surface area contributed by atoms with Crippen LogP contribution in [0, 0.1) is 11.7 Å². The molecule has 0 aliphatic carbocycles. The first-order chi connectivity index (χ1) is 26.4. The van der Waals surface area contributed by atoms with Gasteiger partial charge in [0, 0.05) is 49.1 Å². The Balaban J connectivity index is 1.42. The minimum atomic E-state index is -4.37. The first kappa shape index (κ1) is 40.4. The molecule has 0 spiro atoms. The van der Waals surface area contributed by atoms with Crippen LogP contribution in [0.4, 0.5) is 15.0 Å². The van der Waals surface area contributed by atoms with Crippen molar-refractivity contribution in [3.05, 3.63) is 126 Å². The molecule has 14 heteroatoms. The zero-order valence-corrected chi connectivity index (χ0v) is 32.2. The quantitative estimate of drug-likeness (QED) is 0.0953. The molecule has 5 rings (SSSR count). The number of benzene rings is 2. The number of Topliss-reactive ketones (excluding diaryl/α,β-unsaturated/α-hetero) is 1. The summed E-state index contributed by atoms with van der Waals surface area (Å²) in [4.78, 5) is 54.5. The van der Waals surface area contributed by atoms with Crippen molar-refractivity contribution >= 4 is 33.6 Å². The average molecular weight is 769 g/mol. The molecule has 0 bridgehead atoms. The number of sulfonamides is 1. The fourth-order valence-electron chi connectivity index (χ4n) is 6.04. The Bertz CT molecular complexity index is 2230. The number of hydrogen-bond acceptors (Lipinski definition) is 9. The fourth-order valence-corrected chi connectivity index (χ4v) is 7.16. The molecule has 0 radical (unpaired) electrons. The van der Waals surface area contributed by atoms with Crippen LogP contribution in [0.25, 0.3) is 11.1 Å². The van der Waals surface area contributed by atoms with Gasteiger partial charge in [0.25, 0.3) is 15.9 Å². The molecule has 2 amide bonds. The summed E-state index contributed by atoms with van der Waals surface area (Å²) >= 11 is 0. The number of nitrogens with zero attached hydrogens (tertiary/aromatic N) is 5. The summed E-state index contributed by atoms with van der Waals surface area (Å²) in [5.74, 6) is 0.0275. The van der Waals surface area contributed by atoms with Crippen LogP contribution in [-0.4, -0.2) is 58.9 Å². The Morgan fingerprint density at radius 1 is 0.982 bits per heavy atom. The Morgan fingerprint density at radius 2 is 1.76 bits per heavy atom. The second kappa shape index (κ2) is 18.5. The molecular formula is C41H45FN6O6S. The monoisotopic (exact) mass is 768 g/mol. The number of amides is 2. The van der Waals surface area contributed by atoms with Gasteiger partial charge >= 0.3 is 6.09 Å². The zero-order valence-electron chi connectivity index (χ0n) is 31.4. The number of anilines is 1. The lowest BCUT2D eigenvalue weighted by Gasteiger charge is -2.22. The van der Waals surface area contributed by atoms with Gasteiger partial charge in [-0.05, 0) is 67.1 Å². The van der Waals surface area contributed by atoms with E-state index in [2.05, 4.69) is 9.97 Å². The number of aromatic nitrogens is 4. The van der Waals surface area contributed by atoms with Crippen molar-refractivity contribution in [2.75, 3.05) is 18.1 Å². The van der Waals surface area contributed by atoms with E-state index in [1.54, 1.807) is 65.5 Å². The molecule has 0 saturated carbocycles. The van der Waals surface area contributed by atoms with Crippen LogP contribution in [0.2, 0.25) is 0 Å². The number of ether oxygens (including phenoxy) is 1. The van der Waals surface area contributed by atoms with Crippen LogP contribution in [0.3, 0.4) is 0 Å². The van der Waals surface area contributed by atoms with Gasteiger partial charge in [0.2, 0.25) is 0 Å². The number of pyridine rings is 2. The summed E-state index contributed by atoms with van der Waals surface area (Å²) < 4.78 is 51.3. The SMILES string of the molecule is CCCc1nc(CC)c(C(=O)CCN(C(=O)c2cccnc2)c2ccccn2)n1Cc1ccc(-c2ccccc2S(=O)(=O)NC(=O)OCCC(C)C)cc1F. The third kappa shape index (κ3) is 10.1. The van der Waals surface area contributed by atoms with Crippen LogP contribution in [0.5, 0.6) is 0 Å². The number of aryl methyl sites for hydroxylation is 2. The third-order valence-electron chi connectivity index (χ3n) is 8.85. The summed E-state index contributed by atoms with van der Waals surface area (Å²) in [7, 11) is -4.37. The second-order valence-electron chi connectivity index (χ2n) is 13.3. The van der Waals surface area contributed by atoms with Crippen LogP contribution >= 0.6 is 0 Å². The molecule has 0 unspecified atom stereocenters. The molecule has 0 saturated heterocycles. The third-order valence-corrected chi connectivity index (χ3v) is 10.2. The van der Waals surface area contributed by atoms with E-state index in [1.807, 2.05) is 32.4 Å². The highest BCUT2D eigenvalue weighted by Gasteiger charge is 2.27. The van der Waals surface area contributed by atoms with E-state index in [-0.39, 0.29) is 65.3 Å². The maximum Gasteiger partial charge on any atom is 0.421 e. The van der Waals surface area contributed by atoms with Crippen LogP contribution in [0.1, 0.15) is 84.9 Å². The molecule has 3 heterocycles. The summed E-state index contributed by atoms with van der Waals surface area (Å²) in [6, 6.07) is 18.9. The van der Waals surface area contributed by atoms with Crippen molar-refractivity contribution in [2.24, 2.45) is 5.92 Å². The first-order valence-corrected chi connectivity index (χ1v) is 19.7. The van der Waals surface area contributed by atoms with E-state index in [1.165, 1.54) is 35.4 Å². The van der Waals surface area contributed by atoms with E-state index in [0.29, 0.717) is 47.9 Å². The molecule has 55 heavy (non-hydrogen) atoms. The van der Waals surface area contributed by atoms with Gasteiger partial charge in [-0.2, -0.15) is 0 Å². The van der Waals surface area contributed by atoms with Gasteiger partial charge in [-0.1, -0.05) is 64.1 Å². The Morgan fingerprint density at radius 3 is 2.44 bits per heavy atom. The van der Waals surface area contributed by atoms with Gasteiger partial charge in [-0.3, -0.25) is 19.5 Å². The van der Waals surface area contributed by atoms with Crippen molar-refractivity contribution in [3.8, 4) is 11.1 Å². The highest BCUT2D eigenvalue weighted by atomic mass is 32.2. The van der Waals surface area contributed by atoms with Gasteiger partial charge in [0.05, 0.1) is 29.3 Å². The van der Waals surface area contributed by atoms with Crippen molar-refractivity contribution in [1.82, 2.24) is 24.2 Å². The van der Waals surface area contributed by atoms with Crippen molar-refractivity contribution in [1.29, 1.82) is 0 Å². The minimum absolute atomic E-state index is 0.0161. The summed E-state index contributed by atoms with van der Waals surface area (Å²) in [6.07, 6.45) is 5.74. The molecule has 5 aromatic rings. The average Bonchev–Trinajstić information content (AvgIpc) is 3.52. The van der Waals surface area contributed by atoms with Gasteiger partial charge in [0.15, 0.2) is 5.78 Å². The number of ketones is 1.